The molecule has 336 valence electrons. The monoisotopic (exact) mass is 922 g/mol. The van der Waals surface area contributed by atoms with Crippen LogP contribution in [0, 0.1) is 0 Å². The molecule has 0 radical (unpaired) electrons. The first-order valence-corrected chi connectivity index (χ1v) is 21.4. The van der Waals surface area contributed by atoms with Crippen molar-refractivity contribution < 1.29 is 28.0 Å². The number of rotatable bonds is 13. The molecule has 8 aromatic carbocycles. The molecule has 0 heterocycles. The number of nitrogens with two attached hydrogens (primary N) is 4. The number of azo groups is 5. The average Bonchev–Trinajstić information content (AvgIpc) is 3.32. The van der Waals surface area contributed by atoms with E-state index in [-0.39, 0.29) is 39.5 Å². The summed E-state index contributed by atoms with van der Waals surface area (Å²) in [7, 11) is -4.85. The van der Waals surface area contributed by atoms with Crippen molar-refractivity contribution in [3.63, 3.8) is 0 Å². The molecular formula is C47H34N14O6S-2. The lowest BCUT2D eigenvalue weighted by Gasteiger charge is -2.10. The fourth-order valence-electron chi connectivity index (χ4n) is 6.44. The molecule has 0 aliphatic rings. The Hall–Kier alpha value is -9.60. The van der Waals surface area contributed by atoms with Crippen molar-refractivity contribution in [1.82, 2.24) is 0 Å². The van der Waals surface area contributed by atoms with Crippen molar-refractivity contribution in [1.29, 1.82) is 0 Å². The predicted molar refractivity (Wildman–Crippen MR) is 254 cm³/mol. The minimum atomic E-state index is -4.85. The van der Waals surface area contributed by atoms with E-state index in [1.165, 1.54) is 42.5 Å². The number of aromatic carboxylic acids is 1. The molecule has 0 saturated heterocycles. The van der Waals surface area contributed by atoms with Crippen LogP contribution in [0.3, 0.4) is 0 Å². The maximum Gasteiger partial charge on any atom is 0.124 e. The number of phenols is 1. The van der Waals surface area contributed by atoms with Gasteiger partial charge in [-0.2, -0.15) is 25.6 Å². The molecule has 0 aliphatic heterocycles. The van der Waals surface area contributed by atoms with Crippen LogP contribution in [0.4, 0.5) is 79.6 Å². The number of carbonyl (C=O) groups is 1. The number of benzene rings is 8. The second-order valence-corrected chi connectivity index (χ2v) is 16.0. The van der Waals surface area contributed by atoms with Crippen molar-refractivity contribution >= 4 is 106 Å². The zero-order valence-corrected chi connectivity index (χ0v) is 35.9. The Morgan fingerprint density at radius 1 is 0.441 bits per heavy atom. The molecule has 0 spiro atoms. The van der Waals surface area contributed by atoms with Crippen molar-refractivity contribution in [3.05, 3.63) is 157 Å². The topological polar surface area (TPSA) is 345 Å². The minimum Gasteiger partial charge on any atom is -0.744 e. The Kier molecular flexibility index (Phi) is 12.7. The Morgan fingerprint density at radius 3 is 1.51 bits per heavy atom. The van der Waals surface area contributed by atoms with E-state index in [1.807, 2.05) is 24.3 Å². The summed E-state index contributed by atoms with van der Waals surface area (Å²) in [4.78, 5) is 10.7. The van der Waals surface area contributed by atoms with Crippen molar-refractivity contribution in [2.75, 3.05) is 22.9 Å². The van der Waals surface area contributed by atoms with E-state index in [2.05, 4.69) is 51.1 Å². The van der Waals surface area contributed by atoms with Crippen LogP contribution >= 0.6 is 0 Å². The molecule has 0 amide bonds. The van der Waals surface area contributed by atoms with Crippen molar-refractivity contribution in [2.45, 2.75) is 4.90 Å². The van der Waals surface area contributed by atoms with Crippen LogP contribution in [0.1, 0.15) is 10.4 Å². The quantitative estimate of drug-likeness (QED) is 0.0413. The number of anilines is 4. The summed E-state index contributed by atoms with van der Waals surface area (Å²) in [5, 5.41) is 64.3. The molecule has 20 nitrogen and oxygen atoms in total. The third-order valence-corrected chi connectivity index (χ3v) is 10.8. The van der Waals surface area contributed by atoms with E-state index in [1.54, 1.807) is 78.9 Å². The molecular weight excluding hydrogens is 889 g/mol. The number of carboxylic acids is 1. The molecule has 0 fully saturated rings. The van der Waals surface area contributed by atoms with Crippen molar-refractivity contribution in [3.8, 4) is 16.9 Å². The maximum absolute atomic E-state index is 12.1. The zero-order chi connectivity index (χ0) is 48.0. The summed E-state index contributed by atoms with van der Waals surface area (Å²) in [5.41, 5.74) is 30.4. The number of hydrogen-bond donors (Lipinski definition) is 5. The Bertz CT molecular complexity index is 3530. The van der Waals surface area contributed by atoms with Gasteiger partial charge in [0, 0.05) is 22.0 Å². The first-order chi connectivity index (χ1) is 32.7. The highest BCUT2D eigenvalue weighted by Gasteiger charge is 2.12. The van der Waals surface area contributed by atoms with E-state index in [0.29, 0.717) is 50.9 Å². The van der Waals surface area contributed by atoms with Crippen LogP contribution in [0.2, 0.25) is 0 Å². The number of hydrogen-bond acceptors (Lipinski definition) is 20. The number of carboxylic acid groups (broad SMARTS) is 1. The highest BCUT2D eigenvalue weighted by Crippen LogP contribution is 2.40. The number of aromatic hydroxyl groups is 1. The Labute approximate surface area is 386 Å². The lowest BCUT2D eigenvalue weighted by atomic mass is 10.1. The second-order valence-electron chi connectivity index (χ2n) is 14.7. The third-order valence-electron chi connectivity index (χ3n) is 9.92. The lowest BCUT2D eigenvalue weighted by Crippen LogP contribution is -2.22. The molecule has 0 aromatic heterocycles. The number of nitrogens with zero attached hydrogens (tertiary/aromatic N) is 10. The van der Waals surface area contributed by atoms with Gasteiger partial charge in [0.05, 0.1) is 67.7 Å². The fourth-order valence-corrected chi connectivity index (χ4v) is 6.94. The summed E-state index contributed by atoms with van der Waals surface area (Å²) in [6.07, 6.45) is 0. The van der Waals surface area contributed by atoms with E-state index >= 15 is 0 Å². The van der Waals surface area contributed by atoms with E-state index in [4.69, 9.17) is 22.9 Å². The fraction of sp³-hybridized carbons (Fsp3) is 0. The first-order valence-electron chi connectivity index (χ1n) is 20.0. The number of nitrogen functional groups attached to an aromatic ring is 4. The number of fused-ring (bicyclic) bond motifs is 1. The lowest BCUT2D eigenvalue weighted by molar-refractivity contribution is -0.255. The molecule has 8 aromatic rings. The van der Waals surface area contributed by atoms with Gasteiger partial charge in [-0.25, -0.2) is 8.42 Å². The van der Waals surface area contributed by atoms with E-state index in [0.717, 1.165) is 17.2 Å². The molecule has 21 heteroatoms. The summed E-state index contributed by atoms with van der Waals surface area (Å²) in [6, 6.07) is 39.7. The van der Waals surface area contributed by atoms with Crippen LogP contribution in [-0.4, -0.2) is 24.0 Å². The largest absolute Gasteiger partial charge is 0.744 e. The minimum absolute atomic E-state index is 0.192. The summed E-state index contributed by atoms with van der Waals surface area (Å²) < 4.78 is 36.2. The smallest absolute Gasteiger partial charge is 0.124 e. The van der Waals surface area contributed by atoms with Crippen LogP contribution in [0.25, 0.3) is 21.9 Å². The molecule has 0 aliphatic carbocycles. The summed E-state index contributed by atoms with van der Waals surface area (Å²) >= 11 is 0. The second kappa shape index (κ2) is 19.2. The Morgan fingerprint density at radius 2 is 0.912 bits per heavy atom. The van der Waals surface area contributed by atoms with Gasteiger partial charge in [-0.15, -0.1) is 25.6 Å². The normalized spacial score (nSPS) is 12.1. The SMILES string of the molecule is Nc1ccc(N=Nc2cccc(N=Nc3cc(N=Nc4ccc(N=Nc5ccc(-c6ccc(N=Nc7ccc(O)c(C(=O)[O-])c7)cc6)cc5)c5cc(S(=O)(=O)[O-])ccc45)c(N)cc3N)c2)c(N)c1. The van der Waals surface area contributed by atoms with Crippen LogP contribution in [0.5, 0.6) is 5.75 Å². The van der Waals surface area contributed by atoms with Gasteiger partial charge < -0.3 is 42.5 Å². The molecule has 68 heavy (non-hydrogen) atoms. The van der Waals surface area contributed by atoms with Gasteiger partial charge in [0.25, 0.3) is 0 Å². The van der Waals surface area contributed by atoms with Gasteiger partial charge >= 0.3 is 0 Å². The third kappa shape index (κ3) is 10.7. The molecule has 0 saturated carbocycles. The van der Waals surface area contributed by atoms with E-state index < -0.39 is 32.3 Å². The molecule has 9 N–H and O–H groups in total. The molecule has 0 bridgehead atoms. The zero-order valence-electron chi connectivity index (χ0n) is 35.1. The van der Waals surface area contributed by atoms with Gasteiger partial charge in [-0.3, -0.25) is 0 Å². The predicted octanol–water partition coefficient (Wildman–Crippen LogP) is 11.9. The summed E-state index contributed by atoms with van der Waals surface area (Å²) in [6.45, 7) is 0. The Balaban J connectivity index is 0.997. The van der Waals surface area contributed by atoms with Gasteiger partial charge in [-0.05, 0) is 126 Å². The highest BCUT2D eigenvalue weighted by molar-refractivity contribution is 7.85. The van der Waals surface area contributed by atoms with Crippen molar-refractivity contribution in [2.24, 2.45) is 51.1 Å². The molecule has 0 atom stereocenters. The standard InChI is InChI=1S/C47H36N14O6S/c48-28-8-16-43(38(49)20-28)59-55-31-2-1-3-32(21-31)56-60-44-25-45(40(51)24-39(44)50)61-58-41-17-18-42(36-23-34(68(65,66)67)14-15-35(36)41)57-53-30-11-6-27(7-12-30)26-4-9-29(10-5-26)52-54-33-13-19-46(62)37(22-33)47(63)64/h1-25,62H,48-51H2,(H,63,64)(H,65,66,67)/p-2. The van der Waals surface area contributed by atoms with E-state index in [9.17, 15) is 28.0 Å². The van der Waals surface area contributed by atoms with Gasteiger partial charge in [-0.1, -0.05) is 36.4 Å². The van der Waals surface area contributed by atoms with Gasteiger partial charge in [0.15, 0.2) is 0 Å². The average molecular weight is 923 g/mol. The highest BCUT2D eigenvalue weighted by atomic mass is 32.2. The molecule has 0 unspecified atom stereocenters. The maximum atomic E-state index is 12.1. The van der Waals surface area contributed by atoms with Gasteiger partial charge in [0.1, 0.15) is 32.9 Å². The van der Waals surface area contributed by atoms with Gasteiger partial charge in [0.2, 0.25) is 0 Å². The first kappa shape index (κ1) is 45.0. The summed E-state index contributed by atoms with van der Waals surface area (Å²) in [5.74, 6) is -1.96. The van der Waals surface area contributed by atoms with Crippen LogP contribution in [-0.2, 0) is 10.1 Å². The molecule has 8 rings (SSSR count). The number of carbonyl (C=O) groups excluding carboxylic acids is 1. The van der Waals surface area contributed by atoms with Crippen LogP contribution < -0.4 is 28.0 Å². The van der Waals surface area contributed by atoms with Crippen LogP contribution in [0.15, 0.2) is 208 Å².